The third kappa shape index (κ3) is 2.50. The predicted molar refractivity (Wildman–Crippen MR) is 74.1 cm³/mol. The van der Waals surface area contributed by atoms with Gasteiger partial charge in [0.05, 0.1) is 0 Å². The molecule has 0 amide bonds. The maximum Gasteiger partial charge on any atom is 0.185 e. The quantitative estimate of drug-likeness (QED) is 0.778. The van der Waals surface area contributed by atoms with Gasteiger partial charge in [0.1, 0.15) is 0 Å². The summed E-state index contributed by atoms with van der Waals surface area (Å²) in [6, 6.07) is 9.94. The molecule has 0 aliphatic heterocycles. The molecular formula is C14H14BrNO. The van der Waals surface area contributed by atoms with Crippen LogP contribution in [0.3, 0.4) is 0 Å². The molecule has 0 radical (unpaired) electrons. The molecule has 0 fully saturated rings. The maximum absolute atomic E-state index is 11.7. The lowest BCUT2D eigenvalue weighted by atomic mass is 10.2. The largest absolute Gasteiger partial charge is 0.321 e. The Labute approximate surface area is 109 Å². The molecule has 0 aliphatic carbocycles. The summed E-state index contributed by atoms with van der Waals surface area (Å²) in [5.41, 5.74) is 4.12. The molecule has 2 rings (SSSR count). The van der Waals surface area contributed by atoms with Crippen molar-refractivity contribution in [3.63, 3.8) is 0 Å². The van der Waals surface area contributed by atoms with Crippen molar-refractivity contribution in [3.8, 4) is 5.69 Å². The SMILES string of the molecule is Cc1ccc(-n2cc(CBr)c(=O)cc2C)cc1. The summed E-state index contributed by atoms with van der Waals surface area (Å²) in [4.78, 5) is 11.7. The standard InChI is InChI=1S/C14H14BrNO/c1-10-3-5-13(6-4-10)16-9-12(8-15)14(17)7-11(16)2/h3-7,9H,8H2,1-2H3. The number of rotatable bonds is 2. The zero-order valence-corrected chi connectivity index (χ0v) is 11.5. The molecule has 0 saturated carbocycles. The average molecular weight is 292 g/mol. The van der Waals surface area contributed by atoms with Gasteiger partial charge in [-0.05, 0) is 26.0 Å². The van der Waals surface area contributed by atoms with Crippen LogP contribution in [0.5, 0.6) is 0 Å². The summed E-state index contributed by atoms with van der Waals surface area (Å²) in [5, 5.41) is 0.581. The minimum absolute atomic E-state index is 0.0859. The van der Waals surface area contributed by atoms with Gasteiger partial charge in [0, 0.05) is 34.5 Å². The van der Waals surface area contributed by atoms with Crippen molar-refractivity contribution >= 4 is 15.9 Å². The van der Waals surface area contributed by atoms with Crippen LogP contribution in [0.2, 0.25) is 0 Å². The normalized spacial score (nSPS) is 10.5. The smallest absolute Gasteiger partial charge is 0.185 e. The van der Waals surface area contributed by atoms with E-state index >= 15 is 0 Å². The molecule has 0 unspecified atom stereocenters. The van der Waals surface area contributed by atoms with Gasteiger partial charge in [-0.1, -0.05) is 33.6 Å². The van der Waals surface area contributed by atoms with Crippen LogP contribution in [0.4, 0.5) is 0 Å². The number of benzene rings is 1. The molecule has 17 heavy (non-hydrogen) atoms. The van der Waals surface area contributed by atoms with Gasteiger partial charge in [-0.15, -0.1) is 0 Å². The first-order valence-corrected chi connectivity index (χ1v) is 6.59. The number of hydrogen-bond donors (Lipinski definition) is 0. The third-order valence-electron chi connectivity index (χ3n) is 2.78. The van der Waals surface area contributed by atoms with Crippen LogP contribution in [-0.4, -0.2) is 4.57 Å². The van der Waals surface area contributed by atoms with Gasteiger partial charge in [-0.25, -0.2) is 0 Å². The van der Waals surface area contributed by atoms with Crippen molar-refractivity contribution in [2.45, 2.75) is 19.2 Å². The molecule has 0 N–H and O–H groups in total. The van der Waals surface area contributed by atoms with E-state index in [0.29, 0.717) is 5.33 Å². The number of pyridine rings is 1. The fourth-order valence-corrected chi connectivity index (χ4v) is 2.18. The van der Waals surface area contributed by atoms with E-state index in [4.69, 9.17) is 0 Å². The van der Waals surface area contributed by atoms with Crippen LogP contribution in [0.1, 0.15) is 16.8 Å². The Morgan fingerprint density at radius 2 is 1.82 bits per heavy atom. The molecule has 1 aromatic carbocycles. The lowest BCUT2D eigenvalue weighted by molar-refractivity contribution is 0.956. The van der Waals surface area contributed by atoms with Crippen molar-refractivity contribution in [1.82, 2.24) is 4.57 Å². The topological polar surface area (TPSA) is 22.0 Å². The molecule has 0 saturated heterocycles. The highest BCUT2D eigenvalue weighted by atomic mass is 79.9. The predicted octanol–water partition coefficient (Wildman–Crippen LogP) is 3.35. The first kappa shape index (κ1) is 12.1. The van der Waals surface area contributed by atoms with E-state index < -0.39 is 0 Å². The van der Waals surface area contributed by atoms with Gasteiger partial charge in [-0.2, -0.15) is 0 Å². The fourth-order valence-electron chi connectivity index (χ4n) is 1.76. The molecule has 0 bridgehead atoms. The van der Waals surface area contributed by atoms with E-state index in [9.17, 15) is 4.79 Å². The highest BCUT2D eigenvalue weighted by molar-refractivity contribution is 9.08. The Morgan fingerprint density at radius 3 is 2.41 bits per heavy atom. The van der Waals surface area contributed by atoms with Crippen LogP contribution < -0.4 is 5.43 Å². The molecule has 3 heteroatoms. The number of alkyl halides is 1. The second-order valence-corrected chi connectivity index (χ2v) is 4.70. The summed E-state index contributed by atoms with van der Waals surface area (Å²) in [7, 11) is 0. The number of aromatic nitrogens is 1. The molecule has 0 spiro atoms. The van der Waals surface area contributed by atoms with Gasteiger partial charge in [0.15, 0.2) is 5.43 Å². The average Bonchev–Trinajstić information content (AvgIpc) is 2.31. The minimum Gasteiger partial charge on any atom is -0.321 e. The lowest BCUT2D eigenvalue weighted by Gasteiger charge is -2.12. The first-order chi connectivity index (χ1) is 8.11. The number of halogens is 1. The van der Waals surface area contributed by atoms with Crippen LogP contribution >= 0.6 is 15.9 Å². The van der Waals surface area contributed by atoms with Gasteiger partial charge < -0.3 is 4.57 Å². The van der Waals surface area contributed by atoms with Crippen LogP contribution in [0.15, 0.2) is 41.3 Å². The van der Waals surface area contributed by atoms with Crippen LogP contribution in [0, 0.1) is 13.8 Å². The fraction of sp³-hybridized carbons (Fsp3) is 0.214. The van der Waals surface area contributed by atoms with E-state index in [1.807, 2.05) is 17.7 Å². The summed E-state index contributed by atoms with van der Waals surface area (Å²) >= 11 is 3.34. The van der Waals surface area contributed by atoms with Gasteiger partial charge in [0.2, 0.25) is 0 Å². The van der Waals surface area contributed by atoms with Gasteiger partial charge >= 0.3 is 0 Å². The van der Waals surface area contributed by atoms with Crippen LogP contribution in [-0.2, 0) is 5.33 Å². The molecule has 1 aromatic heterocycles. The Balaban J connectivity index is 2.59. The summed E-state index contributed by atoms with van der Waals surface area (Å²) in [5.74, 6) is 0. The van der Waals surface area contributed by atoms with Crippen molar-refractivity contribution < 1.29 is 0 Å². The second-order valence-electron chi connectivity index (χ2n) is 4.14. The molecule has 0 atom stereocenters. The molecule has 1 heterocycles. The van der Waals surface area contributed by atoms with Crippen molar-refractivity contribution in [2.24, 2.45) is 0 Å². The summed E-state index contributed by atoms with van der Waals surface area (Å²) in [6.45, 7) is 4.01. The van der Waals surface area contributed by atoms with E-state index in [2.05, 4.69) is 47.1 Å². The Kier molecular flexibility index (Phi) is 3.48. The maximum atomic E-state index is 11.7. The summed E-state index contributed by atoms with van der Waals surface area (Å²) in [6.07, 6.45) is 1.90. The number of aryl methyl sites for hydroxylation is 2. The second kappa shape index (κ2) is 4.88. The number of hydrogen-bond acceptors (Lipinski definition) is 1. The molecule has 0 aliphatic rings. The van der Waals surface area contributed by atoms with Crippen molar-refractivity contribution in [2.75, 3.05) is 0 Å². The third-order valence-corrected chi connectivity index (χ3v) is 3.38. The Bertz CT molecular complexity index is 584. The number of nitrogens with zero attached hydrogens (tertiary/aromatic N) is 1. The summed E-state index contributed by atoms with van der Waals surface area (Å²) < 4.78 is 2.04. The van der Waals surface area contributed by atoms with Gasteiger partial charge in [-0.3, -0.25) is 4.79 Å². The Hall–Kier alpha value is -1.35. The lowest BCUT2D eigenvalue weighted by Crippen LogP contribution is -2.12. The van der Waals surface area contributed by atoms with Crippen LogP contribution in [0.25, 0.3) is 5.69 Å². The van der Waals surface area contributed by atoms with Crippen molar-refractivity contribution in [3.05, 3.63) is 63.6 Å². The van der Waals surface area contributed by atoms with E-state index in [1.54, 1.807) is 6.07 Å². The van der Waals surface area contributed by atoms with E-state index in [-0.39, 0.29) is 5.43 Å². The molecular weight excluding hydrogens is 278 g/mol. The Morgan fingerprint density at radius 1 is 1.18 bits per heavy atom. The van der Waals surface area contributed by atoms with Gasteiger partial charge in [0.25, 0.3) is 0 Å². The van der Waals surface area contributed by atoms with E-state index in [0.717, 1.165) is 16.9 Å². The monoisotopic (exact) mass is 291 g/mol. The highest BCUT2D eigenvalue weighted by Gasteiger charge is 2.04. The molecule has 2 aromatic rings. The van der Waals surface area contributed by atoms with Crippen molar-refractivity contribution in [1.29, 1.82) is 0 Å². The molecule has 88 valence electrons. The minimum atomic E-state index is 0.0859. The highest BCUT2D eigenvalue weighted by Crippen LogP contribution is 2.13. The zero-order valence-electron chi connectivity index (χ0n) is 9.90. The van der Waals surface area contributed by atoms with E-state index in [1.165, 1.54) is 5.56 Å². The first-order valence-electron chi connectivity index (χ1n) is 5.47. The molecule has 2 nitrogen and oxygen atoms in total. The zero-order chi connectivity index (χ0) is 12.4.